The van der Waals surface area contributed by atoms with Crippen molar-refractivity contribution in [2.24, 2.45) is 5.92 Å². The maximum absolute atomic E-state index is 13.0. The molecule has 1 N–H and O–H groups in total. The number of likely N-dealkylation sites (tertiary alicyclic amines) is 1. The topological polar surface area (TPSA) is 61.9 Å². The minimum Gasteiger partial charge on any atom is -0.379 e. The fourth-order valence-corrected chi connectivity index (χ4v) is 4.15. The van der Waals surface area contributed by atoms with E-state index in [2.05, 4.69) is 11.4 Å². The number of nitrogens with zero attached hydrogens (tertiary/aromatic N) is 2. The van der Waals surface area contributed by atoms with Crippen molar-refractivity contribution in [3.8, 4) is 0 Å². The van der Waals surface area contributed by atoms with Gasteiger partial charge in [-0.15, -0.1) is 0 Å². The molecule has 2 atom stereocenters. The van der Waals surface area contributed by atoms with Crippen LogP contribution in [0.4, 0.5) is 4.79 Å². The van der Waals surface area contributed by atoms with Gasteiger partial charge in [-0.1, -0.05) is 24.6 Å². The lowest BCUT2D eigenvalue weighted by Crippen LogP contribution is -2.56. The van der Waals surface area contributed by atoms with Crippen molar-refractivity contribution in [1.82, 2.24) is 15.1 Å². The monoisotopic (exact) mass is 373 g/mol. The highest BCUT2D eigenvalue weighted by Gasteiger charge is 2.38. The Labute approximate surface area is 161 Å². The van der Waals surface area contributed by atoms with Gasteiger partial charge in [-0.2, -0.15) is 0 Å². The van der Waals surface area contributed by atoms with Crippen molar-refractivity contribution in [3.63, 3.8) is 0 Å². The SMILES string of the molecule is CCCNC(=O)N1CCOC[C@H]2CN(C(=O)c3ccc(C)cc3C)CC[C@H]21. The van der Waals surface area contributed by atoms with Gasteiger partial charge in [-0.25, -0.2) is 4.79 Å². The van der Waals surface area contributed by atoms with E-state index in [0.29, 0.717) is 39.4 Å². The van der Waals surface area contributed by atoms with Crippen LogP contribution in [-0.2, 0) is 4.74 Å². The summed E-state index contributed by atoms with van der Waals surface area (Å²) in [6, 6.07) is 6.09. The first-order valence-corrected chi connectivity index (χ1v) is 10.00. The third kappa shape index (κ3) is 4.43. The first-order valence-electron chi connectivity index (χ1n) is 10.00. The van der Waals surface area contributed by atoms with Crippen LogP contribution in [0.5, 0.6) is 0 Å². The lowest BCUT2D eigenvalue weighted by atomic mass is 9.91. The van der Waals surface area contributed by atoms with Gasteiger partial charge in [0, 0.05) is 43.7 Å². The van der Waals surface area contributed by atoms with E-state index in [-0.39, 0.29) is 23.9 Å². The molecule has 6 nitrogen and oxygen atoms in total. The molecule has 0 bridgehead atoms. The summed E-state index contributed by atoms with van der Waals surface area (Å²) < 4.78 is 5.76. The number of hydrogen-bond donors (Lipinski definition) is 1. The first kappa shape index (κ1) is 19.7. The third-order valence-electron chi connectivity index (χ3n) is 5.59. The second kappa shape index (κ2) is 8.74. The molecule has 2 heterocycles. The van der Waals surface area contributed by atoms with E-state index in [4.69, 9.17) is 4.74 Å². The molecule has 0 saturated carbocycles. The minimum absolute atomic E-state index is 0.00787. The molecule has 6 heteroatoms. The first-order chi connectivity index (χ1) is 13.0. The number of rotatable bonds is 3. The lowest BCUT2D eigenvalue weighted by molar-refractivity contribution is 0.0431. The third-order valence-corrected chi connectivity index (χ3v) is 5.59. The predicted molar refractivity (Wildman–Crippen MR) is 105 cm³/mol. The van der Waals surface area contributed by atoms with Crippen molar-refractivity contribution in [1.29, 1.82) is 0 Å². The number of piperidine rings is 1. The van der Waals surface area contributed by atoms with Crippen molar-refractivity contribution >= 4 is 11.9 Å². The molecule has 148 valence electrons. The average Bonchev–Trinajstić information content (AvgIpc) is 2.87. The van der Waals surface area contributed by atoms with Gasteiger partial charge in [0.25, 0.3) is 5.91 Å². The largest absolute Gasteiger partial charge is 0.379 e. The van der Waals surface area contributed by atoms with Crippen LogP contribution in [0.1, 0.15) is 41.3 Å². The molecule has 27 heavy (non-hydrogen) atoms. The normalized spacial score (nSPS) is 22.8. The van der Waals surface area contributed by atoms with Crippen LogP contribution in [-0.4, -0.2) is 67.2 Å². The average molecular weight is 373 g/mol. The number of aryl methyl sites for hydroxylation is 2. The summed E-state index contributed by atoms with van der Waals surface area (Å²) in [4.78, 5) is 29.4. The quantitative estimate of drug-likeness (QED) is 0.886. The van der Waals surface area contributed by atoms with Crippen LogP contribution in [0.25, 0.3) is 0 Å². The van der Waals surface area contributed by atoms with E-state index in [1.165, 1.54) is 0 Å². The summed E-state index contributed by atoms with van der Waals surface area (Å²) in [5.41, 5.74) is 2.94. The van der Waals surface area contributed by atoms with Crippen molar-refractivity contribution in [3.05, 3.63) is 34.9 Å². The van der Waals surface area contributed by atoms with E-state index >= 15 is 0 Å². The molecule has 0 radical (unpaired) electrons. The molecule has 1 aromatic rings. The number of urea groups is 1. The van der Waals surface area contributed by atoms with E-state index in [1.807, 2.05) is 42.7 Å². The molecule has 3 amide bonds. The van der Waals surface area contributed by atoms with Crippen LogP contribution >= 0.6 is 0 Å². The summed E-state index contributed by atoms with van der Waals surface area (Å²) in [7, 11) is 0. The van der Waals surface area contributed by atoms with Gasteiger partial charge in [0.05, 0.1) is 13.2 Å². The smallest absolute Gasteiger partial charge is 0.317 e. The van der Waals surface area contributed by atoms with Gasteiger partial charge in [-0.3, -0.25) is 4.79 Å². The summed E-state index contributed by atoms with van der Waals surface area (Å²) in [6.45, 7) is 9.82. The van der Waals surface area contributed by atoms with Gasteiger partial charge in [0.2, 0.25) is 0 Å². The number of nitrogens with one attached hydrogen (secondary N) is 1. The fourth-order valence-electron chi connectivity index (χ4n) is 4.15. The predicted octanol–water partition coefficient (Wildman–Crippen LogP) is 2.59. The molecule has 0 aromatic heterocycles. The molecule has 3 rings (SSSR count). The van der Waals surface area contributed by atoms with E-state index in [0.717, 1.165) is 29.5 Å². The number of benzene rings is 1. The van der Waals surface area contributed by atoms with Crippen molar-refractivity contribution in [2.45, 2.75) is 39.7 Å². The zero-order valence-electron chi connectivity index (χ0n) is 16.7. The Bertz CT molecular complexity index is 691. The highest BCUT2D eigenvalue weighted by Crippen LogP contribution is 2.27. The number of amides is 3. The maximum Gasteiger partial charge on any atom is 0.317 e. The molecule has 1 aromatic carbocycles. The molecule has 2 fully saturated rings. The summed E-state index contributed by atoms with van der Waals surface area (Å²) in [5.74, 6) is 0.237. The number of carbonyl (C=O) groups excluding carboxylic acids is 2. The van der Waals surface area contributed by atoms with Crippen LogP contribution in [0.2, 0.25) is 0 Å². The van der Waals surface area contributed by atoms with Gasteiger partial charge in [0.1, 0.15) is 0 Å². The van der Waals surface area contributed by atoms with Crippen molar-refractivity contribution in [2.75, 3.05) is 39.4 Å². The van der Waals surface area contributed by atoms with Crippen LogP contribution < -0.4 is 5.32 Å². The second-order valence-electron chi connectivity index (χ2n) is 7.69. The van der Waals surface area contributed by atoms with Gasteiger partial charge >= 0.3 is 6.03 Å². The van der Waals surface area contributed by atoms with E-state index in [1.54, 1.807) is 0 Å². The molecular weight excluding hydrogens is 342 g/mol. The highest BCUT2D eigenvalue weighted by molar-refractivity contribution is 5.95. The molecule has 0 unspecified atom stereocenters. The lowest BCUT2D eigenvalue weighted by Gasteiger charge is -2.42. The fraction of sp³-hybridized carbons (Fsp3) is 0.619. The Morgan fingerprint density at radius 3 is 2.81 bits per heavy atom. The standard InChI is InChI=1S/C21H31N3O3/c1-4-8-22-21(26)24-10-11-27-14-17-13-23(9-7-19(17)24)20(25)18-6-5-15(2)12-16(18)3/h5-6,12,17,19H,4,7-11,13-14H2,1-3H3,(H,22,26)/t17-,19-/m1/s1. The van der Waals surface area contributed by atoms with Crippen molar-refractivity contribution < 1.29 is 14.3 Å². The van der Waals surface area contributed by atoms with E-state index in [9.17, 15) is 9.59 Å². The second-order valence-corrected chi connectivity index (χ2v) is 7.69. The molecule has 2 saturated heterocycles. The number of ether oxygens (including phenoxy) is 1. The van der Waals surface area contributed by atoms with Crippen LogP contribution in [0.3, 0.4) is 0 Å². The summed E-state index contributed by atoms with van der Waals surface area (Å²) in [5, 5.41) is 2.99. The van der Waals surface area contributed by atoms with Gasteiger partial charge < -0.3 is 19.9 Å². The Kier molecular flexibility index (Phi) is 6.37. The zero-order valence-corrected chi connectivity index (χ0v) is 16.7. The number of fused-ring (bicyclic) bond motifs is 1. The molecule has 2 aliphatic heterocycles. The Hall–Kier alpha value is -2.08. The Balaban J connectivity index is 1.71. The number of hydrogen-bond acceptors (Lipinski definition) is 3. The highest BCUT2D eigenvalue weighted by atomic mass is 16.5. The van der Waals surface area contributed by atoms with Gasteiger partial charge in [0.15, 0.2) is 0 Å². The molecule has 0 spiro atoms. The summed E-state index contributed by atoms with van der Waals surface area (Å²) in [6.07, 6.45) is 1.71. The minimum atomic E-state index is -0.00787. The molecule has 0 aliphatic carbocycles. The van der Waals surface area contributed by atoms with Gasteiger partial charge in [-0.05, 0) is 38.3 Å². The van der Waals surface area contributed by atoms with Crippen LogP contribution in [0.15, 0.2) is 18.2 Å². The summed E-state index contributed by atoms with van der Waals surface area (Å²) >= 11 is 0. The zero-order chi connectivity index (χ0) is 19.4. The maximum atomic E-state index is 13.0. The van der Waals surface area contributed by atoms with E-state index < -0.39 is 0 Å². The number of carbonyl (C=O) groups is 2. The Morgan fingerprint density at radius 1 is 1.26 bits per heavy atom. The van der Waals surface area contributed by atoms with Crippen LogP contribution in [0, 0.1) is 19.8 Å². The molecule has 2 aliphatic rings. The Morgan fingerprint density at radius 2 is 2.07 bits per heavy atom. The molecular formula is C21H31N3O3.